The molecule has 2 aliphatic rings. The summed E-state index contributed by atoms with van der Waals surface area (Å²) in [5.41, 5.74) is 0.179. The largest absolute Gasteiger partial charge is 0.502 e. The highest BCUT2D eigenvalue weighted by Gasteiger charge is 2.54. The lowest BCUT2D eigenvalue weighted by Gasteiger charge is -2.35. The molecule has 0 saturated heterocycles. The highest BCUT2D eigenvalue weighted by atomic mass is 16.5. The smallest absolute Gasteiger partial charge is 0.224 e. The Morgan fingerprint density at radius 3 is 2.62 bits per heavy atom. The molecule has 1 spiro atoms. The van der Waals surface area contributed by atoms with Gasteiger partial charge in [0.25, 0.3) is 0 Å². The summed E-state index contributed by atoms with van der Waals surface area (Å²) in [6, 6.07) is 6.31. The van der Waals surface area contributed by atoms with E-state index in [1.165, 1.54) is 18.9 Å². The molecule has 2 aliphatic carbocycles. The number of hydrogen-bond acceptors (Lipinski definition) is 3. The first-order valence-corrected chi connectivity index (χ1v) is 5.68. The van der Waals surface area contributed by atoms with Crippen LogP contribution in [0.15, 0.2) is 29.1 Å². The SMILES string of the molecule is O=c1ccccc(OC2CC3(CC3)C2)c1O. The minimum absolute atomic E-state index is 0.176. The van der Waals surface area contributed by atoms with Crippen molar-refractivity contribution in [2.75, 3.05) is 0 Å². The summed E-state index contributed by atoms with van der Waals surface area (Å²) < 4.78 is 5.65. The lowest BCUT2D eigenvalue weighted by molar-refractivity contribution is 0.0482. The molecular weight excluding hydrogens is 204 g/mol. The first-order valence-electron chi connectivity index (χ1n) is 5.68. The summed E-state index contributed by atoms with van der Waals surface area (Å²) in [5, 5.41) is 9.63. The topological polar surface area (TPSA) is 46.5 Å². The van der Waals surface area contributed by atoms with Crippen molar-refractivity contribution >= 4 is 0 Å². The molecule has 2 fully saturated rings. The molecule has 0 amide bonds. The molecule has 0 radical (unpaired) electrons. The lowest BCUT2D eigenvalue weighted by atomic mass is 9.79. The van der Waals surface area contributed by atoms with Crippen molar-refractivity contribution in [2.45, 2.75) is 31.8 Å². The van der Waals surface area contributed by atoms with Gasteiger partial charge in [0.05, 0.1) is 6.10 Å². The van der Waals surface area contributed by atoms with Gasteiger partial charge in [0.15, 0.2) is 5.75 Å². The number of rotatable bonds is 2. The zero-order chi connectivity index (χ0) is 11.2. The second-order valence-corrected chi connectivity index (χ2v) is 4.94. The molecule has 1 aromatic carbocycles. The predicted molar refractivity (Wildman–Crippen MR) is 59.7 cm³/mol. The summed E-state index contributed by atoms with van der Waals surface area (Å²) in [6.07, 6.45) is 4.94. The van der Waals surface area contributed by atoms with Gasteiger partial charge >= 0.3 is 0 Å². The zero-order valence-electron chi connectivity index (χ0n) is 8.98. The van der Waals surface area contributed by atoms with Crippen molar-refractivity contribution in [1.29, 1.82) is 0 Å². The Labute approximate surface area is 93.7 Å². The average molecular weight is 218 g/mol. The van der Waals surface area contributed by atoms with Gasteiger partial charge in [-0.3, -0.25) is 4.79 Å². The molecule has 84 valence electrons. The number of hydrogen-bond donors (Lipinski definition) is 1. The van der Waals surface area contributed by atoms with Crippen LogP contribution in [0, 0.1) is 5.41 Å². The van der Waals surface area contributed by atoms with Crippen molar-refractivity contribution in [3.63, 3.8) is 0 Å². The number of ether oxygens (including phenoxy) is 1. The summed E-state index contributed by atoms with van der Waals surface area (Å²) in [6.45, 7) is 0. The van der Waals surface area contributed by atoms with Crippen LogP contribution in [0.5, 0.6) is 11.5 Å². The van der Waals surface area contributed by atoms with Crippen molar-refractivity contribution in [3.8, 4) is 11.5 Å². The molecule has 1 N–H and O–H groups in total. The van der Waals surface area contributed by atoms with Crippen LogP contribution in [-0.2, 0) is 0 Å². The van der Waals surface area contributed by atoms with Crippen LogP contribution in [0.1, 0.15) is 25.7 Å². The van der Waals surface area contributed by atoms with E-state index in [9.17, 15) is 9.90 Å². The summed E-state index contributed by atoms with van der Waals surface area (Å²) in [7, 11) is 0. The van der Waals surface area contributed by atoms with Crippen molar-refractivity contribution in [2.24, 2.45) is 5.41 Å². The maximum atomic E-state index is 11.3. The molecule has 0 unspecified atom stereocenters. The second-order valence-electron chi connectivity index (χ2n) is 4.94. The Morgan fingerprint density at radius 1 is 1.25 bits per heavy atom. The van der Waals surface area contributed by atoms with Gasteiger partial charge in [0, 0.05) is 0 Å². The Morgan fingerprint density at radius 2 is 1.94 bits per heavy atom. The third-order valence-electron chi connectivity index (χ3n) is 3.65. The number of aromatic hydroxyl groups is 1. The van der Waals surface area contributed by atoms with Crippen molar-refractivity contribution in [1.82, 2.24) is 0 Å². The van der Waals surface area contributed by atoms with Crippen molar-refractivity contribution < 1.29 is 9.84 Å². The van der Waals surface area contributed by atoms with Gasteiger partial charge in [-0.2, -0.15) is 0 Å². The Hall–Kier alpha value is -1.51. The molecule has 0 bridgehead atoms. The Bertz CT molecular complexity index is 469. The van der Waals surface area contributed by atoms with Gasteiger partial charge in [0.2, 0.25) is 11.2 Å². The summed E-state index contributed by atoms with van der Waals surface area (Å²) in [5.74, 6) is 0.0391. The van der Waals surface area contributed by atoms with Crippen LogP contribution in [0.25, 0.3) is 0 Å². The molecule has 3 heteroatoms. The molecule has 16 heavy (non-hydrogen) atoms. The minimum Gasteiger partial charge on any atom is -0.502 e. The van der Waals surface area contributed by atoms with E-state index in [4.69, 9.17) is 4.74 Å². The third-order valence-corrected chi connectivity index (χ3v) is 3.65. The van der Waals surface area contributed by atoms with Gasteiger partial charge in [-0.15, -0.1) is 0 Å². The fourth-order valence-electron chi connectivity index (χ4n) is 2.41. The van der Waals surface area contributed by atoms with E-state index >= 15 is 0 Å². The molecule has 0 heterocycles. The normalized spacial score (nSPS) is 21.5. The van der Waals surface area contributed by atoms with E-state index < -0.39 is 0 Å². The van der Waals surface area contributed by atoms with Gasteiger partial charge in [0.1, 0.15) is 0 Å². The average Bonchev–Trinajstić information content (AvgIpc) is 3.00. The van der Waals surface area contributed by atoms with Crippen LogP contribution in [0.3, 0.4) is 0 Å². The Kier molecular flexibility index (Phi) is 1.96. The van der Waals surface area contributed by atoms with E-state index in [0.717, 1.165) is 12.8 Å². The highest BCUT2D eigenvalue weighted by molar-refractivity contribution is 5.37. The fourth-order valence-corrected chi connectivity index (χ4v) is 2.41. The van der Waals surface area contributed by atoms with Crippen LogP contribution < -0.4 is 10.2 Å². The summed E-state index contributed by atoms with van der Waals surface area (Å²) in [4.78, 5) is 11.3. The van der Waals surface area contributed by atoms with Gasteiger partial charge < -0.3 is 9.84 Å². The van der Waals surface area contributed by atoms with Crippen LogP contribution in [0.4, 0.5) is 0 Å². The molecule has 1 aromatic rings. The van der Waals surface area contributed by atoms with Gasteiger partial charge in [-0.25, -0.2) is 0 Å². The monoisotopic (exact) mass is 218 g/mol. The summed E-state index contributed by atoms with van der Waals surface area (Å²) >= 11 is 0. The maximum Gasteiger partial charge on any atom is 0.224 e. The van der Waals surface area contributed by atoms with Crippen LogP contribution in [-0.4, -0.2) is 11.2 Å². The maximum absolute atomic E-state index is 11.3. The second kappa shape index (κ2) is 3.24. The first kappa shape index (κ1) is 9.70. The van der Waals surface area contributed by atoms with Crippen LogP contribution in [0.2, 0.25) is 0 Å². The third kappa shape index (κ3) is 1.56. The van der Waals surface area contributed by atoms with E-state index in [2.05, 4.69) is 0 Å². The first-order chi connectivity index (χ1) is 7.69. The quantitative estimate of drug-likeness (QED) is 0.826. The molecule has 0 aliphatic heterocycles. The fraction of sp³-hybridized carbons (Fsp3) is 0.462. The molecule has 3 nitrogen and oxygen atoms in total. The zero-order valence-corrected chi connectivity index (χ0v) is 8.98. The van der Waals surface area contributed by atoms with E-state index in [-0.39, 0.29) is 17.3 Å². The van der Waals surface area contributed by atoms with Gasteiger partial charge in [-0.05, 0) is 43.2 Å². The van der Waals surface area contributed by atoms with E-state index in [1.54, 1.807) is 18.2 Å². The Balaban J connectivity index is 1.77. The van der Waals surface area contributed by atoms with Crippen LogP contribution >= 0.6 is 0 Å². The lowest BCUT2D eigenvalue weighted by Crippen LogP contribution is -2.35. The van der Waals surface area contributed by atoms with E-state index in [1.807, 2.05) is 0 Å². The molecule has 0 atom stereocenters. The molecule has 2 saturated carbocycles. The molecule has 3 rings (SSSR count). The minimum atomic E-state index is -0.388. The van der Waals surface area contributed by atoms with E-state index in [0.29, 0.717) is 11.2 Å². The molecule has 0 aromatic heterocycles. The highest BCUT2D eigenvalue weighted by Crippen LogP contribution is 2.61. The van der Waals surface area contributed by atoms with Crippen molar-refractivity contribution in [3.05, 3.63) is 34.5 Å². The standard InChI is InChI=1S/C13H14O3/c14-10-3-1-2-4-11(12(10)15)16-9-7-13(8-9)5-6-13/h1-4,9H,5-8H2,(H,14,15). The van der Waals surface area contributed by atoms with Gasteiger partial charge in [-0.1, -0.05) is 12.1 Å². The molecular formula is C13H14O3. The predicted octanol–water partition coefficient (Wildman–Crippen LogP) is 2.07.